The fourth-order valence-electron chi connectivity index (χ4n) is 1.98. The van der Waals surface area contributed by atoms with Gasteiger partial charge in [-0.2, -0.15) is 5.10 Å². The van der Waals surface area contributed by atoms with Gasteiger partial charge in [-0.05, 0) is 18.1 Å². The van der Waals surface area contributed by atoms with Gasteiger partial charge in [0.2, 0.25) is 5.91 Å². The first kappa shape index (κ1) is 12.6. The fourth-order valence-corrected chi connectivity index (χ4v) is 1.98. The SMILES string of the molecule is CC(C)C(CN)C(=O)Nc1cccc2[nH]ncc12. The van der Waals surface area contributed by atoms with Crippen LogP contribution in [0.15, 0.2) is 24.4 Å². The largest absolute Gasteiger partial charge is 0.330 e. The first-order valence-corrected chi connectivity index (χ1v) is 6.06. The summed E-state index contributed by atoms with van der Waals surface area (Å²) < 4.78 is 0. The number of aromatic nitrogens is 2. The standard InChI is InChI=1S/C13H18N4O/c1-8(2)9(6-14)13(18)16-11-4-3-5-12-10(11)7-15-17-12/h3-5,7-9H,6,14H2,1-2H3,(H,15,17)(H,16,18). The highest BCUT2D eigenvalue weighted by molar-refractivity contribution is 6.01. The van der Waals surface area contributed by atoms with Crippen LogP contribution in [0.5, 0.6) is 0 Å². The van der Waals surface area contributed by atoms with Gasteiger partial charge in [-0.3, -0.25) is 9.89 Å². The number of benzene rings is 1. The lowest BCUT2D eigenvalue weighted by Gasteiger charge is -2.18. The highest BCUT2D eigenvalue weighted by Gasteiger charge is 2.21. The summed E-state index contributed by atoms with van der Waals surface area (Å²) in [4.78, 5) is 12.1. The maximum atomic E-state index is 12.1. The van der Waals surface area contributed by atoms with Crippen LogP contribution in [-0.2, 0) is 4.79 Å². The third kappa shape index (κ3) is 2.36. The molecule has 0 fully saturated rings. The molecule has 1 aromatic heterocycles. The van der Waals surface area contributed by atoms with E-state index in [2.05, 4.69) is 15.5 Å². The Balaban J connectivity index is 2.23. The van der Waals surface area contributed by atoms with Gasteiger partial charge in [0.1, 0.15) is 0 Å². The minimum Gasteiger partial charge on any atom is -0.330 e. The number of hydrogen-bond acceptors (Lipinski definition) is 3. The van der Waals surface area contributed by atoms with E-state index < -0.39 is 0 Å². The molecule has 0 aliphatic rings. The number of aromatic amines is 1. The van der Waals surface area contributed by atoms with Gasteiger partial charge >= 0.3 is 0 Å². The molecule has 2 aromatic rings. The van der Waals surface area contributed by atoms with Crippen LogP contribution in [0.25, 0.3) is 10.9 Å². The molecular weight excluding hydrogens is 228 g/mol. The van der Waals surface area contributed by atoms with Gasteiger partial charge < -0.3 is 11.1 Å². The number of hydrogen-bond donors (Lipinski definition) is 3. The minimum absolute atomic E-state index is 0.0406. The molecule has 0 radical (unpaired) electrons. The monoisotopic (exact) mass is 246 g/mol. The number of nitrogens with two attached hydrogens (primary N) is 1. The van der Waals surface area contributed by atoms with E-state index in [0.717, 1.165) is 16.6 Å². The Hall–Kier alpha value is -1.88. The first-order chi connectivity index (χ1) is 8.63. The van der Waals surface area contributed by atoms with Crippen LogP contribution >= 0.6 is 0 Å². The van der Waals surface area contributed by atoms with Crippen molar-refractivity contribution in [3.8, 4) is 0 Å². The Morgan fingerprint density at radius 2 is 2.28 bits per heavy atom. The third-order valence-electron chi connectivity index (χ3n) is 3.14. The quantitative estimate of drug-likeness (QED) is 0.768. The van der Waals surface area contributed by atoms with Crippen LogP contribution in [-0.4, -0.2) is 22.6 Å². The molecule has 5 heteroatoms. The van der Waals surface area contributed by atoms with Crippen LogP contribution < -0.4 is 11.1 Å². The summed E-state index contributed by atoms with van der Waals surface area (Å²) in [7, 11) is 0. The highest BCUT2D eigenvalue weighted by atomic mass is 16.1. The van der Waals surface area contributed by atoms with Crippen LogP contribution in [0.3, 0.4) is 0 Å². The van der Waals surface area contributed by atoms with E-state index in [1.807, 2.05) is 32.0 Å². The number of anilines is 1. The molecule has 5 nitrogen and oxygen atoms in total. The van der Waals surface area contributed by atoms with Crippen molar-refractivity contribution in [3.05, 3.63) is 24.4 Å². The summed E-state index contributed by atoms with van der Waals surface area (Å²) in [5.74, 6) is 0.00640. The van der Waals surface area contributed by atoms with Gasteiger partial charge in [-0.25, -0.2) is 0 Å². The van der Waals surface area contributed by atoms with Crippen LogP contribution in [0.4, 0.5) is 5.69 Å². The summed E-state index contributed by atoms with van der Waals surface area (Å²) in [5.41, 5.74) is 7.31. The molecule has 0 spiro atoms. The molecule has 18 heavy (non-hydrogen) atoms. The number of fused-ring (bicyclic) bond motifs is 1. The number of amides is 1. The Kier molecular flexibility index (Phi) is 3.62. The number of rotatable bonds is 4. The number of nitrogens with zero attached hydrogens (tertiary/aromatic N) is 1. The van der Waals surface area contributed by atoms with E-state index in [1.54, 1.807) is 6.20 Å². The Morgan fingerprint density at radius 1 is 1.50 bits per heavy atom. The highest BCUT2D eigenvalue weighted by Crippen LogP contribution is 2.22. The van der Waals surface area contributed by atoms with Crippen molar-refractivity contribution in [1.29, 1.82) is 0 Å². The van der Waals surface area contributed by atoms with Crippen molar-refractivity contribution < 1.29 is 4.79 Å². The molecule has 1 atom stereocenters. The normalized spacial score (nSPS) is 12.9. The summed E-state index contributed by atoms with van der Waals surface area (Å²) in [5, 5.41) is 10.7. The van der Waals surface area contributed by atoms with E-state index in [9.17, 15) is 4.79 Å². The van der Waals surface area contributed by atoms with Crippen molar-refractivity contribution in [1.82, 2.24) is 10.2 Å². The zero-order valence-electron chi connectivity index (χ0n) is 10.6. The molecule has 1 aromatic carbocycles. The van der Waals surface area contributed by atoms with Gasteiger partial charge in [0.15, 0.2) is 0 Å². The average Bonchev–Trinajstić information content (AvgIpc) is 2.78. The maximum Gasteiger partial charge on any atom is 0.229 e. The zero-order valence-corrected chi connectivity index (χ0v) is 10.6. The molecule has 0 bridgehead atoms. The van der Waals surface area contributed by atoms with E-state index in [-0.39, 0.29) is 17.7 Å². The molecule has 0 aliphatic heterocycles. The molecule has 0 saturated carbocycles. The Bertz CT molecular complexity index is 547. The first-order valence-electron chi connectivity index (χ1n) is 6.06. The number of carbonyl (C=O) groups is 1. The Labute approximate surface area is 106 Å². The van der Waals surface area contributed by atoms with Crippen LogP contribution in [0, 0.1) is 11.8 Å². The summed E-state index contributed by atoms with van der Waals surface area (Å²) in [6.07, 6.45) is 1.71. The van der Waals surface area contributed by atoms with E-state index >= 15 is 0 Å². The van der Waals surface area contributed by atoms with Crippen molar-refractivity contribution in [2.75, 3.05) is 11.9 Å². The number of nitrogens with one attached hydrogen (secondary N) is 2. The molecular formula is C13H18N4O. The summed E-state index contributed by atoms with van der Waals surface area (Å²) in [6.45, 7) is 4.34. The predicted molar refractivity (Wildman–Crippen MR) is 72.1 cm³/mol. The third-order valence-corrected chi connectivity index (χ3v) is 3.14. The molecule has 0 aliphatic carbocycles. The maximum absolute atomic E-state index is 12.1. The molecule has 0 saturated heterocycles. The van der Waals surface area contributed by atoms with Gasteiger partial charge in [0.25, 0.3) is 0 Å². The number of H-pyrrole nitrogens is 1. The fraction of sp³-hybridized carbons (Fsp3) is 0.385. The van der Waals surface area contributed by atoms with Crippen LogP contribution in [0.1, 0.15) is 13.8 Å². The second-order valence-electron chi connectivity index (χ2n) is 4.71. The number of carbonyl (C=O) groups excluding carboxylic acids is 1. The van der Waals surface area contributed by atoms with Gasteiger partial charge in [0.05, 0.1) is 23.3 Å². The van der Waals surface area contributed by atoms with Crippen LogP contribution in [0.2, 0.25) is 0 Å². The average molecular weight is 246 g/mol. The topological polar surface area (TPSA) is 83.8 Å². The van der Waals surface area contributed by atoms with Crippen molar-refractivity contribution in [2.45, 2.75) is 13.8 Å². The summed E-state index contributed by atoms with van der Waals surface area (Å²) in [6, 6.07) is 5.66. The van der Waals surface area contributed by atoms with E-state index in [4.69, 9.17) is 5.73 Å². The lowest BCUT2D eigenvalue weighted by Crippen LogP contribution is -2.33. The van der Waals surface area contributed by atoms with Crippen molar-refractivity contribution >= 4 is 22.5 Å². The molecule has 1 heterocycles. The smallest absolute Gasteiger partial charge is 0.229 e. The van der Waals surface area contributed by atoms with Crippen molar-refractivity contribution in [3.63, 3.8) is 0 Å². The van der Waals surface area contributed by atoms with Gasteiger partial charge in [-0.1, -0.05) is 19.9 Å². The Morgan fingerprint density at radius 3 is 2.94 bits per heavy atom. The predicted octanol–water partition coefficient (Wildman–Crippen LogP) is 1.73. The molecule has 4 N–H and O–H groups in total. The second kappa shape index (κ2) is 5.18. The van der Waals surface area contributed by atoms with Gasteiger partial charge in [0, 0.05) is 11.9 Å². The second-order valence-corrected chi connectivity index (χ2v) is 4.71. The van der Waals surface area contributed by atoms with E-state index in [0.29, 0.717) is 6.54 Å². The van der Waals surface area contributed by atoms with E-state index in [1.165, 1.54) is 0 Å². The molecule has 1 unspecified atom stereocenters. The molecule has 2 rings (SSSR count). The lowest BCUT2D eigenvalue weighted by atomic mass is 9.95. The lowest BCUT2D eigenvalue weighted by molar-refractivity contribution is -0.120. The van der Waals surface area contributed by atoms with Gasteiger partial charge in [-0.15, -0.1) is 0 Å². The zero-order chi connectivity index (χ0) is 13.1. The van der Waals surface area contributed by atoms with Crippen molar-refractivity contribution in [2.24, 2.45) is 17.6 Å². The minimum atomic E-state index is -0.174. The summed E-state index contributed by atoms with van der Waals surface area (Å²) >= 11 is 0. The molecule has 96 valence electrons. The molecule has 1 amide bonds.